The Balaban J connectivity index is 1.52. The molecule has 28 heavy (non-hydrogen) atoms. The zero-order chi connectivity index (χ0) is 19.1. The molecule has 4 heterocycles. The minimum Gasteiger partial charge on any atom is -0.351 e. The summed E-state index contributed by atoms with van der Waals surface area (Å²) in [5, 5.41) is 10.7. The number of halogens is 2. The molecule has 0 radical (unpaired) electrons. The van der Waals surface area contributed by atoms with Crippen LogP contribution < -0.4 is 16.0 Å². The summed E-state index contributed by atoms with van der Waals surface area (Å²) >= 11 is 6.00. The molecule has 2 fully saturated rings. The number of hydrogen-bond acceptors (Lipinski definition) is 5. The fourth-order valence-corrected chi connectivity index (χ4v) is 4.34. The highest BCUT2D eigenvalue weighted by Gasteiger charge is 2.37. The van der Waals surface area contributed by atoms with E-state index in [9.17, 15) is 4.39 Å². The smallest absolute Gasteiger partial charge is 0.141 e. The van der Waals surface area contributed by atoms with Gasteiger partial charge in [0.25, 0.3) is 0 Å². The zero-order valence-electron chi connectivity index (χ0n) is 15.2. The van der Waals surface area contributed by atoms with Gasteiger partial charge < -0.3 is 4.90 Å². The molecule has 5 rings (SSSR count). The Hall–Kier alpha value is -2.25. The molecule has 0 spiro atoms. The van der Waals surface area contributed by atoms with E-state index in [-0.39, 0.29) is 17.4 Å². The van der Waals surface area contributed by atoms with Crippen molar-refractivity contribution in [1.29, 1.82) is 0 Å². The molecule has 2 saturated heterocycles. The number of allylic oxidation sites excluding steroid dienone is 2. The van der Waals surface area contributed by atoms with Crippen LogP contribution in [0.5, 0.6) is 0 Å². The number of hydrogen-bond donors (Lipinski definition) is 3. The third kappa shape index (κ3) is 3.12. The SMILES string of the molecule is Fc1ccc(-c2ncccc2C2=CN3C(C=C2)NCC3C2NCCN2)cc1Cl. The van der Waals surface area contributed by atoms with E-state index in [0.717, 1.165) is 42.0 Å². The van der Waals surface area contributed by atoms with Crippen LogP contribution in [0.25, 0.3) is 16.8 Å². The topological polar surface area (TPSA) is 52.2 Å². The van der Waals surface area contributed by atoms with Gasteiger partial charge in [-0.15, -0.1) is 0 Å². The number of nitrogens with one attached hydrogen (secondary N) is 3. The molecule has 0 amide bonds. The lowest BCUT2D eigenvalue weighted by Gasteiger charge is -2.33. The number of nitrogens with zero attached hydrogens (tertiary/aromatic N) is 2. The molecular formula is C21H21ClFN5. The number of aromatic nitrogens is 1. The Labute approximate surface area is 168 Å². The summed E-state index contributed by atoms with van der Waals surface area (Å²) in [4.78, 5) is 6.92. The molecular weight excluding hydrogens is 377 g/mol. The highest BCUT2D eigenvalue weighted by molar-refractivity contribution is 6.31. The number of pyridine rings is 1. The molecule has 2 atom stereocenters. The van der Waals surface area contributed by atoms with E-state index >= 15 is 0 Å². The molecule has 0 saturated carbocycles. The molecule has 0 bridgehead atoms. The molecule has 1 aromatic carbocycles. The Morgan fingerprint density at radius 2 is 2.00 bits per heavy atom. The van der Waals surface area contributed by atoms with Gasteiger partial charge in [-0.2, -0.15) is 0 Å². The molecule has 5 nitrogen and oxygen atoms in total. The summed E-state index contributed by atoms with van der Waals surface area (Å²) in [5.74, 6) is -0.426. The maximum Gasteiger partial charge on any atom is 0.141 e. The predicted molar refractivity (Wildman–Crippen MR) is 109 cm³/mol. The van der Waals surface area contributed by atoms with Gasteiger partial charge in [-0.05, 0) is 35.9 Å². The van der Waals surface area contributed by atoms with E-state index in [4.69, 9.17) is 11.6 Å². The van der Waals surface area contributed by atoms with Gasteiger partial charge in [0.1, 0.15) is 5.82 Å². The first-order valence-electron chi connectivity index (χ1n) is 9.49. The summed E-state index contributed by atoms with van der Waals surface area (Å²) in [6.45, 7) is 2.89. The van der Waals surface area contributed by atoms with E-state index in [1.165, 1.54) is 6.07 Å². The van der Waals surface area contributed by atoms with E-state index in [2.05, 4.69) is 44.2 Å². The molecule has 2 aromatic rings. The van der Waals surface area contributed by atoms with Crippen molar-refractivity contribution < 1.29 is 4.39 Å². The van der Waals surface area contributed by atoms with Crippen molar-refractivity contribution in [3.8, 4) is 11.3 Å². The third-order valence-corrected chi connectivity index (χ3v) is 5.83. The van der Waals surface area contributed by atoms with Gasteiger partial charge in [-0.3, -0.25) is 20.9 Å². The van der Waals surface area contributed by atoms with Gasteiger partial charge in [0.05, 0.1) is 29.1 Å². The van der Waals surface area contributed by atoms with Crippen LogP contribution in [-0.2, 0) is 0 Å². The largest absolute Gasteiger partial charge is 0.351 e. The van der Waals surface area contributed by atoms with Gasteiger partial charge in [0, 0.05) is 43.2 Å². The second kappa shape index (κ2) is 7.29. The van der Waals surface area contributed by atoms with E-state index < -0.39 is 5.82 Å². The van der Waals surface area contributed by atoms with E-state index in [1.54, 1.807) is 18.3 Å². The molecule has 7 heteroatoms. The first kappa shape index (κ1) is 17.8. The lowest BCUT2D eigenvalue weighted by Crippen LogP contribution is -2.50. The molecule has 144 valence electrons. The summed E-state index contributed by atoms with van der Waals surface area (Å²) in [7, 11) is 0. The number of rotatable bonds is 3. The molecule has 2 unspecified atom stereocenters. The van der Waals surface area contributed by atoms with Crippen LogP contribution in [0.15, 0.2) is 54.9 Å². The van der Waals surface area contributed by atoms with Crippen LogP contribution in [0.2, 0.25) is 5.02 Å². The summed E-state index contributed by atoms with van der Waals surface area (Å²) in [6, 6.07) is 9.02. The van der Waals surface area contributed by atoms with Gasteiger partial charge in [0.15, 0.2) is 0 Å². The maximum atomic E-state index is 13.6. The van der Waals surface area contributed by atoms with Crippen LogP contribution in [0, 0.1) is 5.82 Å². The predicted octanol–water partition coefficient (Wildman–Crippen LogP) is 2.57. The van der Waals surface area contributed by atoms with Crippen molar-refractivity contribution in [3.63, 3.8) is 0 Å². The van der Waals surface area contributed by atoms with E-state index in [0.29, 0.717) is 6.04 Å². The monoisotopic (exact) mass is 397 g/mol. The first-order valence-corrected chi connectivity index (χ1v) is 9.87. The van der Waals surface area contributed by atoms with Crippen molar-refractivity contribution >= 4 is 17.2 Å². The highest BCUT2D eigenvalue weighted by Crippen LogP contribution is 2.33. The van der Waals surface area contributed by atoms with Crippen LogP contribution in [0.3, 0.4) is 0 Å². The molecule has 3 aliphatic rings. The standard InChI is InChI=1S/C21H21ClFN5/c22-16-10-13(3-5-17(16)23)20-15(2-1-7-24-20)14-4-6-19-27-11-18(28(19)12-14)21-25-8-9-26-21/h1-7,10,12,18-19,21,25-27H,8-9,11H2. The van der Waals surface area contributed by atoms with Gasteiger partial charge in [0.2, 0.25) is 0 Å². The second-order valence-corrected chi connectivity index (χ2v) is 7.63. The summed E-state index contributed by atoms with van der Waals surface area (Å²) < 4.78 is 13.6. The van der Waals surface area contributed by atoms with Crippen molar-refractivity contribution in [3.05, 3.63) is 71.3 Å². The fourth-order valence-electron chi connectivity index (χ4n) is 4.16. The lowest BCUT2D eigenvalue weighted by atomic mass is 9.97. The minimum absolute atomic E-state index is 0.101. The van der Waals surface area contributed by atoms with Crippen molar-refractivity contribution in [1.82, 2.24) is 25.8 Å². The number of benzene rings is 1. The minimum atomic E-state index is -0.426. The van der Waals surface area contributed by atoms with Crippen LogP contribution >= 0.6 is 11.6 Å². The van der Waals surface area contributed by atoms with Crippen LogP contribution in [0.4, 0.5) is 4.39 Å². The third-order valence-electron chi connectivity index (χ3n) is 5.54. The molecule has 0 aliphatic carbocycles. The van der Waals surface area contributed by atoms with Gasteiger partial charge in [-0.25, -0.2) is 4.39 Å². The van der Waals surface area contributed by atoms with Crippen LogP contribution in [-0.4, -0.2) is 47.9 Å². The Kier molecular flexibility index (Phi) is 4.64. The Morgan fingerprint density at radius 1 is 1.14 bits per heavy atom. The lowest BCUT2D eigenvalue weighted by molar-refractivity contribution is 0.250. The molecule has 3 aliphatic heterocycles. The van der Waals surface area contributed by atoms with E-state index in [1.807, 2.05) is 12.1 Å². The van der Waals surface area contributed by atoms with Crippen molar-refractivity contribution in [2.24, 2.45) is 0 Å². The summed E-state index contributed by atoms with van der Waals surface area (Å²) in [5.41, 5.74) is 3.66. The van der Waals surface area contributed by atoms with Gasteiger partial charge >= 0.3 is 0 Å². The molecule has 1 aromatic heterocycles. The normalized spacial score (nSPS) is 24.5. The van der Waals surface area contributed by atoms with Crippen molar-refractivity contribution in [2.45, 2.75) is 18.4 Å². The average molecular weight is 398 g/mol. The fraction of sp³-hybridized carbons (Fsp3) is 0.286. The number of fused-ring (bicyclic) bond motifs is 1. The van der Waals surface area contributed by atoms with Gasteiger partial charge in [-0.1, -0.05) is 23.7 Å². The maximum absolute atomic E-state index is 13.6. The van der Waals surface area contributed by atoms with Crippen LogP contribution in [0.1, 0.15) is 5.56 Å². The second-order valence-electron chi connectivity index (χ2n) is 7.23. The average Bonchev–Trinajstić information content (AvgIpc) is 3.39. The molecule has 3 N–H and O–H groups in total. The summed E-state index contributed by atoms with van der Waals surface area (Å²) in [6.07, 6.45) is 8.71. The first-order chi connectivity index (χ1) is 13.7. The quantitative estimate of drug-likeness (QED) is 0.743. The van der Waals surface area contributed by atoms with Crippen molar-refractivity contribution in [2.75, 3.05) is 19.6 Å². The Morgan fingerprint density at radius 3 is 2.82 bits per heavy atom. The zero-order valence-corrected chi connectivity index (χ0v) is 16.0. The Bertz CT molecular complexity index is 954. The highest BCUT2D eigenvalue weighted by atomic mass is 35.5.